The maximum absolute atomic E-state index is 12.9. The van der Waals surface area contributed by atoms with E-state index in [1.54, 1.807) is 6.92 Å². The number of Topliss-reactive ketones (excluding diaryl/α,β-unsaturated/α-hetero) is 1. The predicted octanol–water partition coefficient (Wildman–Crippen LogP) is 1.39. The van der Waals surface area contributed by atoms with Gasteiger partial charge in [-0.3, -0.25) is 14.5 Å². The molecular formula is C18H23NO4. The third-order valence-electron chi connectivity index (χ3n) is 5.36. The lowest BCUT2D eigenvalue weighted by Crippen LogP contribution is -2.66. The van der Waals surface area contributed by atoms with Gasteiger partial charge in [0.1, 0.15) is 5.41 Å². The molecule has 1 aromatic carbocycles. The monoisotopic (exact) mass is 317 g/mol. The van der Waals surface area contributed by atoms with Crippen LogP contribution in [0.3, 0.4) is 0 Å². The van der Waals surface area contributed by atoms with Crippen LogP contribution in [0.2, 0.25) is 0 Å². The van der Waals surface area contributed by atoms with Crippen molar-refractivity contribution in [3.63, 3.8) is 0 Å². The van der Waals surface area contributed by atoms with Gasteiger partial charge in [-0.25, -0.2) is 0 Å². The van der Waals surface area contributed by atoms with Crippen molar-refractivity contribution < 1.29 is 19.4 Å². The van der Waals surface area contributed by atoms with Crippen molar-refractivity contribution in [1.82, 2.24) is 4.90 Å². The average Bonchev–Trinajstić information content (AvgIpc) is 2.54. The Hall–Kier alpha value is -1.72. The van der Waals surface area contributed by atoms with Crippen molar-refractivity contribution in [2.75, 3.05) is 20.2 Å². The van der Waals surface area contributed by atoms with E-state index in [0.717, 1.165) is 5.56 Å². The number of benzene rings is 1. The molecule has 0 unspecified atom stereocenters. The number of ketones is 1. The SMILES string of the molecule is COC(=O)[C@@]12CC[C@@](C)(O)[C@@H](CN(Cc3ccccc3)C1)C2=O. The zero-order valence-electron chi connectivity index (χ0n) is 13.6. The maximum Gasteiger partial charge on any atom is 0.320 e. The number of ether oxygens (including phenoxy) is 1. The number of rotatable bonds is 3. The Morgan fingerprint density at radius 2 is 2.04 bits per heavy atom. The molecule has 0 aromatic heterocycles. The van der Waals surface area contributed by atoms with Gasteiger partial charge in [-0.2, -0.15) is 0 Å². The van der Waals surface area contributed by atoms with E-state index in [9.17, 15) is 14.7 Å². The topological polar surface area (TPSA) is 66.8 Å². The molecule has 1 aliphatic carbocycles. The van der Waals surface area contributed by atoms with Crippen molar-refractivity contribution in [1.29, 1.82) is 0 Å². The summed E-state index contributed by atoms with van der Waals surface area (Å²) in [7, 11) is 1.32. The number of hydrogen-bond donors (Lipinski definition) is 1. The lowest BCUT2D eigenvalue weighted by molar-refractivity contribution is -0.180. The summed E-state index contributed by atoms with van der Waals surface area (Å²) in [5.74, 6) is -1.18. The first kappa shape index (κ1) is 16.1. The normalized spacial score (nSPS) is 34.2. The van der Waals surface area contributed by atoms with E-state index in [-0.39, 0.29) is 5.78 Å². The minimum atomic E-state index is -1.13. The van der Waals surface area contributed by atoms with Crippen molar-refractivity contribution >= 4 is 11.8 Å². The number of carbonyl (C=O) groups excluding carboxylic acids is 2. The van der Waals surface area contributed by atoms with Crippen molar-refractivity contribution in [2.45, 2.75) is 31.9 Å². The van der Waals surface area contributed by atoms with Gasteiger partial charge in [-0.05, 0) is 25.3 Å². The fraction of sp³-hybridized carbons (Fsp3) is 0.556. The summed E-state index contributed by atoms with van der Waals surface area (Å²) in [5.41, 5.74) is -1.07. The predicted molar refractivity (Wildman–Crippen MR) is 84.5 cm³/mol. The largest absolute Gasteiger partial charge is 0.468 e. The van der Waals surface area contributed by atoms with Crippen LogP contribution >= 0.6 is 0 Å². The Morgan fingerprint density at radius 3 is 2.70 bits per heavy atom. The van der Waals surface area contributed by atoms with Crippen LogP contribution in [-0.4, -0.2) is 47.6 Å². The molecule has 23 heavy (non-hydrogen) atoms. The Labute approximate surface area is 136 Å². The zero-order chi connectivity index (χ0) is 16.7. The Kier molecular flexibility index (Phi) is 4.02. The van der Waals surface area contributed by atoms with Crippen LogP contribution in [0.1, 0.15) is 25.3 Å². The minimum absolute atomic E-state index is 0.162. The number of methoxy groups -OCH3 is 1. The van der Waals surface area contributed by atoms with Crippen molar-refractivity contribution in [2.24, 2.45) is 11.3 Å². The van der Waals surface area contributed by atoms with Gasteiger partial charge in [0.25, 0.3) is 0 Å². The van der Waals surface area contributed by atoms with E-state index in [0.29, 0.717) is 32.5 Å². The standard InChI is InChI=1S/C18H23NO4/c1-17(22)8-9-18(16(21)23-2)12-19(11-14(17)15(18)20)10-13-6-4-3-5-7-13/h3-7,14,22H,8-12H2,1-2H3/t14-,17+,18-/m0/s1. The quantitative estimate of drug-likeness (QED) is 0.674. The average molecular weight is 317 g/mol. The van der Waals surface area contributed by atoms with Crippen LogP contribution < -0.4 is 0 Å². The molecule has 3 atom stereocenters. The highest BCUT2D eigenvalue weighted by molar-refractivity contribution is 6.06. The number of fused-ring (bicyclic) bond motifs is 2. The molecule has 124 valence electrons. The van der Waals surface area contributed by atoms with Gasteiger partial charge in [0.15, 0.2) is 5.78 Å². The molecule has 1 heterocycles. The van der Waals surface area contributed by atoms with E-state index >= 15 is 0 Å². The number of piperidine rings is 1. The summed E-state index contributed by atoms with van der Waals surface area (Å²) in [6.45, 7) is 3.18. The summed E-state index contributed by atoms with van der Waals surface area (Å²) in [6.07, 6.45) is 0.783. The van der Waals surface area contributed by atoms with Gasteiger partial charge in [0.2, 0.25) is 0 Å². The third-order valence-corrected chi connectivity index (χ3v) is 5.36. The van der Waals surface area contributed by atoms with Crippen LogP contribution in [0.15, 0.2) is 30.3 Å². The van der Waals surface area contributed by atoms with Crippen LogP contribution in [0.25, 0.3) is 0 Å². The summed E-state index contributed by atoms with van der Waals surface area (Å²) in [4.78, 5) is 27.3. The Bertz CT molecular complexity index is 613. The zero-order valence-corrected chi connectivity index (χ0v) is 13.6. The van der Waals surface area contributed by atoms with Gasteiger partial charge in [-0.1, -0.05) is 30.3 Å². The van der Waals surface area contributed by atoms with E-state index in [2.05, 4.69) is 4.90 Å². The van der Waals surface area contributed by atoms with Gasteiger partial charge >= 0.3 is 5.97 Å². The first-order valence-corrected chi connectivity index (χ1v) is 8.00. The second-order valence-corrected chi connectivity index (χ2v) is 7.00. The fourth-order valence-corrected chi connectivity index (χ4v) is 3.95. The van der Waals surface area contributed by atoms with Crippen molar-refractivity contribution in [3.8, 4) is 0 Å². The van der Waals surface area contributed by atoms with E-state index in [1.807, 2.05) is 30.3 Å². The molecule has 1 N–H and O–H groups in total. The first-order chi connectivity index (χ1) is 10.9. The maximum atomic E-state index is 12.9. The highest BCUT2D eigenvalue weighted by atomic mass is 16.5. The second-order valence-electron chi connectivity index (χ2n) is 7.00. The molecule has 2 bridgehead atoms. The molecule has 5 nitrogen and oxygen atoms in total. The van der Waals surface area contributed by atoms with E-state index in [1.165, 1.54) is 7.11 Å². The van der Waals surface area contributed by atoms with E-state index < -0.39 is 22.9 Å². The lowest BCUT2D eigenvalue weighted by Gasteiger charge is -2.51. The molecule has 3 rings (SSSR count). The fourth-order valence-electron chi connectivity index (χ4n) is 3.95. The molecule has 1 saturated heterocycles. The molecule has 1 saturated carbocycles. The Balaban J connectivity index is 1.91. The third kappa shape index (κ3) is 2.68. The molecular weight excluding hydrogens is 294 g/mol. The van der Waals surface area contributed by atoms with Crippen LogP contribution in [0.4, 0.5) is 0 Å². The number of aliphatic hydroxyl groups is 1. The molecule has 2 fully saturated rings. The number of likely N-dealkylation sites (tertiary alicyclic amines) is 1. The number of esters is 1. The summed E-state index contributed by atoms with van der Waals surface area (Å²) < 4.78 is 4.94. The highest BCUT2D eigenvalue weighted by Gasteiger charge is 2.61. The molecule has 1 aromatic rings. The van der Waals surface area contributed by atoms with Crippen LogP contribution in [0, 0.1) is 11.3 Å². The molecule has 2 aliphatic rings. The first-order valence-electron chi connectivity index (χ1n) is 8.00. The minimum Gasteiger partial charge on any atom is -0.468 e. The van der Waals surface area contributed by atoms with Gasteiger partial charge in [0, 0.05) is 19.6 Å². The second kappa shape index (κ2) is 5.73. The molecule has 1 aliphatic heterocycles. The van der Waals surface area contributed by atoms with Crippen LogP contribution in [-0.2, 0) is 20.9 Å². The summed E-state index contributed by atoms with van der Waals surface area (Å²) >= 11 is 0. The van der Waals surface area contributed by atoms with Crippen molar-refractivity contribution in [3.05, 3.63) is 35.9 Å². The molecule has 5 heteroatoms. The van der Waals surface area contributed by atoms with Gasteiger partial charge in [0.05, 0.1) is 18.6 Å². The molecule has 0 radical (unpaired) electrons. The van der Waals surface area contributed by atoms with Gasteiger partial charge < -0.3 is 9.84 Å². The molecule has 0 spiro atoms. The number of nitrogens with zero attached hydrogens (tertiary/aromatic N) is 1. The smallest absolute Gasteiger partial charge is 0.320 e. The number of hydrogen-bond acceptors (Lipinski definition) is 5. The van der Waals surface area contributed by atoms with Gasteiger partial charge in [-0.15, -0.1) is 0 Å². The lowest BCUT2D eigenvalue weighted by atomic mass is 9.60. The molecule has 0 amide bonds. The highest BCUT2D eigenvalue weighted by Crippen LogP contribution is 2.46. The Morgan fingerprint density at radius 1 is 1.35 bits per heavy atom. The van der Waals surface area contributed by atoms with E-state index in [4.69, 9.17) is 4.74 Å². The summed E-state index contributed by atoms with van der Waals surface area (Å²) in [6, 6.07) is 9.94. The van der Waals surface area contributed by atoms with Crippen LogP contribution in [0.5, 0.6) is 0 Å². The summed E-state index contributed by atoms with van der Waals surface area (Å²) in [5, 5.41) is 10.6. The number of carbonyl (C=O) groups is 2.